The van der Waals surface area contributed by atoms with E-state index in [9.17, 15) is 71.1 Å². The van der Waals surface area contributed by atoms with Gasteiger partial charge in [-0.1, -0.05) is 20.0 Å². The quantitative estimate of drug-likeness (QED) is 0.0277. The van der Waals surface area contributed by atoms with E-state index in [0.29, 0.717) is 0 Å². The standard InChI is InChI=1S/C13H20N5O15P3.C10H17N2O14P3.2CH4/c1-7-5-18(13(21)16-12(7)20)10-4-8(31-11(19)2-3-15-17-14)9(30-10)6-29-35(25,26)33-36(27,28)32-34(22,23)24;1-5-3-12(10(15)11-9(5)14)8-2-6(13)7(24-8)4-23-28(19,20)26-29(21,22)25-27(16,17)18;;/h5,8-10H,2-4,6H2,1H3,(H,25,26)(H,27,28)(H,16,20,21)(H2,22,23,24);3,6-8,13H,2,4H2,1H3,(H,19,20)(H,21,22)(H,11,14,15)(H2,16,17,18);2*1H4/t8?,9-,10-;6?,7-,8-;;/m11../s1. The summed E-state index contributed by atoms with van der Waals surface area (Å²) < 4.78 is 109. The fourth-order valence-corrected chi connectivity index (χ4v) is 11.2. The molecule has 2 aromatic rings. The zero-order chi connectivity index (χ0) is 49.5. The molecule has 2 aromatic heterocycles. The van der Waals surface area contributed by atoms with Gasteiger partial charge in [0.05, 0.1) is 25.7 Å². The van der Waals surface area contributed by atoms with Crippen LogP contribution in [0.1, 0.15) is 57.7 Å². The number of rotatable bonds is 20. The molecule has 6 unspecified atom stereocenters. The van der Waals surface area contributed by atoms with Gasteiger partial charge in [0.15, 0.2) is 0 Å². The molecule has 4 rings (SSSR count). The van der Waals surface area contributed by atoms with E-state index in [1.165, 1.54) is 20.0 Å². The summed E-state index contributed by atoms with van der Waals surface area (Å²) in [7, 11) is -33.5. The van der Waals surface area contributed by atoms with Gasteiger partial charge in [0.2, 0.25) is 0 Å². The van der Waals surface area contributed by atoms with E-state index < -0.39 is 125 Å². The molecule has 2 fully saturated rings. The van der Waals surface area contributed by atoms with E-state index in [-0.39, 0.29) is 51.8 Å². The molecule has 36 nitrogen and oxygen atoms in total. The average molecular weight is 1090 g/mol. The molecule has 0 saturated carbocycles. The molecule has 0 radical (unpaired) electrons. The molecule has 0 bridgehead atoms. The maximum Gasteiger partial charge on any atom is 0.490 e. The van der Waals surface area contributed by atoms with Gasteiger partial charge in [-0.3, -0.25) is 42.5 Å². The van der Waals surface area contributed by atoms with Crippen molar-refractivity contribution < 1.29 is 117 Å². The van der Waals surface area contributed by atoms with Crippen LogP contribution in [0.5, 0.6) is 0 Å². The summed E-state index contributed by atoms with van der Waals surface area (Å²) in [4.78, 5) is 137. The van der Waals surface area contributed by atoms with E-state index in [4.69, 9.17) is 44.2 Å². The number of nitrogens with zero attached hydrogens (tertiary/aromatic N) is 5. The highest BCUT2D eigenvalue weighted by Gasteiger charge is 2.45. The van der Waals surface area contributed by atoms with E-state index >= 15 is 0 Å². The fraction of sp³-hybridized carbons (Fsp3) is 0.640. The molecule has 0 amide bonds. The van der Waals surface area contributed by atoms with Crippen molar-refractivity contribution in [1.82, 2.24) is 19.1 Å². The number of nitrogens with one attached hydrogen (secondary N) is 2. The Balaban J connectivity index is 0.000000664. The Hall–Kier alpha value is -3.16. The van der Waals surface area contributed by atoms with Crippen molar-refractivity contribution in [1.29, 1.82) is 0 Å². The number of carbonyl (C=O) groups is 1. The minimum Gasteiger partial charge on any atom is -0.459 e. The third-order valence-electron chi connectivity index (χ3n) is 7.69. The van der Waals surface area contributed by atoms with Crippen LogP contribution in [0.15, 0.2) is 36.7 Å². The molecule has 0 aromatic carbocycles. The van der Waals surface area contributed by atoms with Gasteiger partial charge >= 0.3 is 64.3 Å². The third kappa shape index (κ3) is 20.8. The molecule has 384 valence electrons. The minimum absolute atomic E-state index is 0. The first kappa shape index (κ1) is 61.9. The number of ether oxygens (including phenoxy) is 3. The van der Waals surface area contributed by atoms with Crippen molar-refractivity contribution in [3.63, 3.8) is 0 Å². The Morgan fingerprint density at radius 3 is 1.54 bits per heavy atom. The molecule has 10 atom stereocenters. The second-order valence-electron chi connectivity index (χ2n) is 12.8. The van der Waals surface area contributed by atoms with Crippen LogP contribution in [0.3, 0.4) is 0 Å². The molecule has 0 aliphatic carbocycles. The topological polar surface area (TPSA) is 543 Å². The summed E-state index contributed by atoms with van der Waals surface area (Å²) in [5.41, 5.74) is 5.58. The maximum absolute atomic E-state index is 12.2. The molecule has 42 heteroatoms. The monoisotopic (exact) mass is 1090 g/mol. The summed E-state index contributed by atoms with van der Waals surface area (Å²) in [6.45, 7) is 0.720. The van der Waals surface area contributed by atoms with Gasteiger partial charge in [0, 0.05) is 47.8 Å². The summed E-state index contributed by atoms with van der Waals surface area (Å²) >= 11 is 0. The first-order valence-electron chi connectivity index (χ1n) is 17.0. The van der Waals surface area contributed by atoms with Crippen LogP contribution in [-0.2, 0) is 72.7 Å². The number of aliphatic hydroxyl groups is 1. The largest absolute Gasteiger partial charge is 0.490 e. The van der Waals surface area contributed by atoms with Crippen molar-refractivity contribution >= 4 is 52.9 Å². The summed E-state index contributed by atoms with van der Waals surface area (Å²) in [5, 5.41) is 13.1. The van der Waals surface area contributed by atoms with Crippen molar-refractivity contribution in [2.45, 2.75) is 84.8 Å². The molecular formula is C25H45N7O29P6. The van der Waals surface area contributed by atoms with Gasteiger partial charge in [-0.15, -0.1) is 0 Å². The van der Waals surface area contributed by atoms with Crippen LogP contribution < -0.4 is 22.5 Å². The lowest BCUT2D eigenvalue weighted by Crippen LogP contribution is -2.33. The lowest BCUT2D eigenvalue weighted by atomic mass is 10.2. The molecule has 2 saturated heterocycles. The van der Waals surface area contributed by atoms with Gasteiger partial charge in [-0.05, 0) is 19.4 Å². The number of aliphatic hydroxyl groups excluding tert-OH is 1. The Bertz CT molecular complexity index is 2650. The van der Waals surface area contributed by atoms with Crippen molar-refractivity contribution in [2.24, 2.45) is 5.11 Å². The number of hydrogen-bond acceptors (Lipinski definition) is 22. The van der Waals surface area contributed by atoms with E-state index in [2.05, 4.69) is 36.3 Å². The number of aromatic amines is 2. The smallest absolute Gasteiger partial charge is 0.459 e. The number of phosphoric acid groups is 6. The molecule has 4 heterocycles. The Labute approximate surface area is 373 Å². The lowest BCUT2D eigenvalue weighted by Gasteiger charge is -2.21. The van der Waals surface area contributed by atoms with Gasteiger partial charge in [0.1, 0.15) is 30.8 Å². The highest BCUT2D eigenvalue weighted by Crippen LogP contribution is 2.67. The minimum atomic E-state index is -5.77. The Morgan fingerprint density at radius 1 is 0.716 bits per heavy atom. The van der Waals surface area contributed by atoms with Crippen LogP contribution in [0.2, 0.25) is 0 Å². The summed E-state index contributed by atoms with van der Waals surface area (Å²) in [6.07, 6.45) is -5.94. The third-order valence-corrected chi connectivity index (χ3v) is 15.3. The number of aryl methyl sites for hydroxylation is 2. The van der Waals surface area contributed by atoms with E-state index in [1.54, 1.807) is 0 Å². The highest BCUT2D eigenvalue weighted by molar-refractivity contribution is 7.67. The molecular weight excluding hydrogens is 1050 g/mol. The zero-order valence-corrected chi connectivity index (χ0v) is 37.8. The number of esters is 1. The van der Waals surface area contributed by atoms with Gasteiger partial charge in [-0.2, -0.15) is 17.2 Å². The van der Waals surface area contributed by atoms with E-state index in [0.717, 1.165) is 15.3 Å². The number of phosphoric ester groups is 2. The molecule has 0 spiro atoms. The van der Waals surface area contributed by atoms with Crippen LogP contribution in [-0.4, -0.2) is 113 Å². The van der Waals surface area contributed by atoms with Crippen LogP contribution in [0.4, 0.5) is 0 Å². The number of aromatic nitrogens is 4. The van der Waals surface area contributed by atoms with Crippen molar-refractivity contribution in [3.05, 3.63) is 75.6 Å². The predicted octanol–water partition coefficient (Wildman–Crippen LogP) is 0.197. The fourth-order valence-electron chi connectivity index (χ4n) is 5.14. The maximum atomic E-state index is 12.2. The Morgan fingerprint density at radius 2 is 1.12 bits per heavy atom. The van der Waals surface area contributed by atoms with Crippen molar-refractivity contribution in [3.8, 4) is 0 Å². The summed E-state index contributed by atoms with van der Waals surface area (Å²) in [6, 6.07) is 0. The first-order chi connectivity index (χ1) is 29.6. The predicted molar refractivity (Wildman–Crippen MR) is 217 cm³/mol. The van der Waals surface area contributed by atoms with E-state index in [1.807, 2.05) is 9.97 Å². The first-order valence-corrected chi connectivity index (χ1v) is 26.0. The number of azide groups is 1. The normalized spacial score (nSPS) is 24.1. The molecule has 11 N–H and O–H groups in total. The van der Waals surface area contributed by atoms with Gasteiger partial charge < -0.3 is 58.5 Å². The summed E-state index contributed by atoms with van der Waals surface area (Å²) in [5.74, 6) is -0.884. The molecule has 2 aliphatic rings. The van der Waals surface area contributed by atoms with Gasteiger partial charge in [0.25, 0.3) is 11.1 Å². The number of H-pyrrole nitrogens is 2. The highest BCUT2D eigenvalue weighted by atomic mass is 31.3. The van der Waals surface area contributed by atoms with Crippen LogP contribution in [0.25, 0.3) is 10.4 Å². The average Bonchev–Trinajstić information content (AvgIpc) is 3.69. The van der Waals surface area contributed by atoms with Gasteiger partial charge in [-0.25, -0.2) is 37.0 Å². The van der Waals surface area contributed by atoms with Crippen LogP contribution in [0, 0.1) is 13.8 Å². The SMILES string of the molecule is C.C.Cc1cn([C@H]2CC(O)[C@@H](COP(=O)(O)OP(=O)(O)OP(=O)(O)O)O2)c(=O)[nH]c1=O.Cc1cn([C@H]2CC(OC(=O)CCN=[N+]=[N-])[C@@H](COP(=O)(O)OP(=O)(O)OP(=O)(O)O)O2)c(=O)[nH]c1=O. The zero-order valence-electron chi connectivity index (χ0n) is 32.5. The lowest BCUT2D eigenvalue weighted by molar-refractivity contribution is -0.152. The second kappa shape index (κ2) is 24.6. The number of hydrogen-bond donors (Lipinski definition) is 11. The second-order valence-corrected chi connectivity index (χ2v) is 21.6. The van der Waals surface area contributed by atoms with Crippen LogP contribution >= 0.6 is 46.9 Å². The molecule has 2 aliphatic heterocycles. The molecule has 67 heavy (non-hydrogen) atoms. The Kier molecular flexibility index (Phi) is 22.7. The number of carbonyl (C=O) groups excluding carboxylic acids is 1. The van der Waals surface area contributed by atoms with Crippen molar-refractivity contribution in [2.75, 3.05) is 19.8 Å².